The van der Waals surface area contributed by atoms with Crippen LogP contribution in [0.2, 0.25) is 5.82 Å². The zero-order valence-corrected chi connectivity index (χ0v) is 8.01. The summed E-state index contributed by atoms with van der Waals surface area (Å²) < 4.78 is 0. The van der Waals surface area contributed by atoms with E-state index in [0.29, 0.717) is 5.82 Å². The standard InChI is InChI=1S/C10H19B/c1-4-5-9-6-7(2)10(9)8(3)11/h7-10H,4-6H2,1-3H3. The summed E-state index contributed by atoms with van der Waals surface area (Å²) in [5, 5.41) is 0. The molecule has 1 heteroatoms. The van der Waals surface area contributed by atoms with Crippen LogP contribution in [-0.2, 0) is 0 Å². The van der Waals surface area contributed by atoms with E-state index in [-0.39, 0.29) is 0 Å². The van der Waals surface area contributed by atoms with Crippen molar-refractivity contribution in [2.45, 2.75) is 45.9 Å². The third kappa shape index (κ3) is 1.80. The molecule has 0 aromatic rings. The van der Waals surface area contributed by atoms with Gasteiger partial charge >= 0.3 is 0 Å². The Morgan fingerprint density at radius 2 is 2.18 bits per heavy atom. The molecule has 0 spiro atoms. The molecule has 1 saturated carbocycles. The number of hydrogen-bond donors (Lipinski definition) is 0. The Labute approximate surface area is 72.2 Å². The lowest BCUT2D eigenvalue weighted by Crippen LogP contribution is -2.37. The molecular weight excluding hydrogens is 131 g/mol. The maximum absolute atomic E-state index is 5.91. The minimum absolute atomic E-state index is 0.412. The molecule has 2 radical (unpaired) electrons. The molecule has 11 heavy (non-hydrogen) atoms. The number of hydrogen-bond acceptors (Lipinski definition) is 0. The predicted molar refractivity (Wildman–Crippen MR) is 50.8 cm³/mol. The maximum atomic E-state index is 5.91. The predicted octanol–water partition coefficient (Wildman–Crippen LogP) is 3.04. The van der Waals surface area contributed by atoms with E-state index in [0.717, 1.165) is 17.8 Å². The van der Waals surface area contributed by atoms with E-state index in [1.807, 2.05) is 0 Å². The van der Waals surface area contributed by atoms with Crippen LogP contribution >= 0.6 is 0 Å². The minimum atomic E-state index is 0.412. The summed E-state index contributed by atoms with van der Waals surface area (Å²) in [4.78, 5) is 0. The molecule has 4 unspecified atom stereocenters. The molecule has 0 aromatic carbocycles. The third-order valence-corrected chi connectivity index (χ3v) is 3.14. The van der Waals surface area contributed by atoms with Crippen LogP contribution in [0.3, 0.4) is 0 Å². The van der Waals surface area contributed by atoms with Gasteiger partial charge in [0, 0.05) is 0 Å². The molecule has 4 atom stereocenters. The Balaban J connectivity index is 2.35. The average molecular weight is 150 g/mol. The Morgan fingerprint density at radius 3 is 2.55 bits per heavy atom. The summed E-state index contributed by atoms with van der Waals surface area (Å²) in [6, 6.07) is 0. The highest BCUT2D eigenvalue weighted by Crippen LogP contribution is 2.48. The summed E-state index contributed by atoms with van der Waals surface area (Å²) >= 11 is 0. The molecule has 0 aromatic heterocycles. The first-order valence-electron chi connectivity index (χ1n) is 4.92. The van der Waals surface area contributed by atoms with Crippen LogP contribution in [0.1, 0.15) is 40.0 Å². The van der Waals surface area contributed by atoms with Gasteiger partial charge in [-0.2, -0.15) is 0 Å². The second-order valence-corrected chi connectivity index (χ2v) is 4.20. The smallest absolute Gasteiger partial charge is 0.0699 e. The fourth-order valence-electron chi connectivity index (χ4n) is 2.69. The van der Waals surface area contributed by atoms with Crippen LogP contribution in [0.5, 0.6) is 0 Å². The molecule has 0 N–H and O–H groups in total. The lowest BCUT2D eigenvalue weighted by molar-refractivity contribution is 0.0747. The van der Waals surface area contributed by atoms with Crippen LogP contribution in [0.4, 0.5) is 0 Å². The van der Waals surface area contributed by atoms with Crippen molar-refractivity contribution in [3.63, 3.8) is 0 Å². The summed E-state index contributed by atoms with van der Waals surface area (Å²) in [6.45, 7) is 6.75. The van der Waals surface area contributed by atoms with E-state index in [1.165, 1.54) is 19.3 Å². The van der Waals surface area contributed by atoms with Gasteiger partial charge in [0.1, 0.15) is 0 Å². The zero-order valence-electron chi connectivity index (χ0n) is 8.01. The maximum Gasteiger partial charge on any atom is 0.0699 e. The van der Waals surface area contributed by atoms with Gasteiger partial charge in [-0.15, -0.1) is 0 Å². The highest BCUT2D eigenvalue weighted by atomic mass is 14.4. The molecule has 1 aliphatic carbocycles. The van der Waals surface area contributed by atoms with E-state index in [1.54, 1.807) is 0 Å². The normalized spacial score (nSPS) is 39.7. The van der Waals surface area contributed by atoms with Gasteiger partial charge < -0.3 is 0 Å². The van der Waals surface area contributed by atoms with Crippen LogP contribution < -0.4 is 0 Å². The van der Waals surface area contributed by atoms with Gasteiger partial charge in [0.2, 0.25) is 0 Å². The lowest BCUT2D eigenvalue weighted by atomic mass is 9.55. The van der Waals surface area contributed by atoms with Crippen molar-refractivity contribution in [1.82, 2.24) is 0 Å². The summed E-state index contributed by atoms with van der Waals surface area (Å²) in [7, 11) is 5.91. The second-order valence-electron chi connectivity index (χ2n) is 4.20. The third-order valence-electron chi connectivity index (χ3n) is 3.14. The Hall–Kier alpha value is 0.0649. The first kappa shape index (κ1) is 9.16. The first-order valence-corrected chi connectivity index (χ1v) is 4.92. The molecule has 0 saturated heterocycles. The molecule has 1 aliphatic rings. The molecule has 0 heterocycles. The molecule has 1 fully saturated rings. The van der Waals surface area contributed by atoms with Gasteiger partial charge in [-0.25, -0.2) is 0 Å². The summed E-state index contributed by atoms with van der Waals surface area (Å²) in [5.74, 6) is 3.05. The fourth-order valence-corrected chi connectivity index (χ4v) is 2.69. The summed E-state index contributed by atoms with van der Waals surface area (Å²) in [5.41, 5.74) is 0. The first-order chi connectivity index (χ1) is 5.16. The highest BCUT2D eigenvalue weighted by Gasteiger charge is 2.38. The van der Waals surface area contributed by atoms with Crippen molar-refractivity contribution in [2.75, 3.05) is 0 Å². The minimum Gasteiger partial charge on any atom is -0.0769 e. The Morgan fingerprint density at radius 1 is 1.55 bits per heavy atom. The SMILES string of the molecule is [B]C(C)C1C(C)CC1CCC. The quantitative estimate of drug-likeness (QED) is 0.542. The zero-order chi connectivity index (χ0) is 8.43. The van der Waals surface area contributed by atoms with Crippen molar-refractivity contribution >= 4 is 7.85 Å². The van der Waals surface area contributed by atoms with E-state index in [2.05, 4.69) is 20.8 Å². The van der Waals surface area contributed by atoms with Gasteiger partial charge in [0.05, 0.1) is 7.85 Å². The van der Waals surface area contributed by atoms with E-state index in [9.17, 15) is 0 Å². The van der Waals surface area contributed by atoms with Gasteiger partial charge in [-0.05, 0) is 24.2 Å². The molecular formula is C10H19B. The Bertz CT molecular complexity index is 113. The van der Waals surface area contributed by atoms with Crippen LogP contribution in [-0.4, -0.2) is 7.85 Å². The van der Waals surface area contributed by atoms with Crippen molar-refractivity contribution in [3.8, 4) is 0 Å². The van der Waals surface area contributed by atoms with E-state index >= 15 is 0 Å². The van der Waals surface area contributed by atoms with Gasteiger partial charge in [0.25, 0.3) is 0 Å². The number of rotatable bonds is 3. The lowest BCUT2D eigenvalue weighted by Gasteiger charge is -2.46. The molecule has 0 bridgehead atoms. The summed E-state index contributed by atoms with van der Waals surface area (Å²) in [6.07, 6.45) is 4.12. The molecule has 1 rings (SSSR count). The Kier molecular flexibility index (Phi) is 3.03. The van der Waals surface area contributed by atoms with Crippen LogP contribution in [0.25, 0.3) is 0 Å². The van der Waals surface area contributed by atoms with Crippen molar-refractivity contribution in [3.05, 3.63) is 0 Å². The van der Waals surface area contributed by atoms with Gasteiger partial charge in [0.15, 0.2) is 0 Å². The largest absolute Gasteiger partial charge is 0.0769 e. The van der Waals surface area contributed by atoms with Crippen LogP contribution in [0, 0.1) is 17.8 Å². The van der Waals surface area contributed by atoms with E-state index in [4.69, 9.17) is 7.85 Å². The molecule has 0 amide bonds. The van der Waals surface area contributed by atoms with Crippen molar-refractivity contribution in [2.24, 2.45) is 17.8 Å². The molecule has 62 valence electrons. The van der Waals surface area contributed by atoms with Crippen molar-refractivity contribution < 1.29 is 0 Å². The molecule has 0 nitrogen and oxygen atoms in total. The van der Waals surface area contributed by atoms with E-state index < -0.39 is 0 Å². The van der Waals surface area contributed by atoms with Gasteiger partial charge in [-0.1, -0.05) is 39.4 Å². The molecule has 0 aliphatic heterocycles. The second kappa shape index (κ2) is 3.64. The monoisotopic (exact) mass is 150 g/mol. The highest BCUT2D eigenvalue weighted by molar-refractivity contribution is 6.11. The topological polar surface area (TPSA) is 0 Å². The van der Waals surface area contributed by atoms with Crippen molar-refractivity contribution in [1.29, 1.82) is 0 Å². The van der Waals surface area contributed by atoms with Gasteiger partial charge in [-0.3, -0.25) is 0 Å². The average Bonchev–Trinajstić information content (AvgIpc) is 1.85. The fraction of sp³-hybridized carbons (Fsp3) is 1.00. The van der Waals surface area contributed by atoms with Crippen LogP contribution in [0.15, 0.2) is 0 Å².